The number of amides is 1. The number of anilines is 1. The van der Waals surface area contributed by atoms with Gasteiger partial charge in [0.15, 0.2) is 5.75 Å². The van der Waals surface area contributed by atoms with Gasteiger partial charge in [0, 0.05) is 5.69 Å². The van der Waals surface area contributed by atoms with E-state index < -0.39 is 24.3 Å². The van der Waals surface area contributed by atoms with Crippen LogP contribution >= 0.6 is 23.2 Å². The van der Waals surface area contributed by atoms with Crippen molar-refractivity contribution in [3.8, 4) is 5.75 Å². The molecule has 0 aliphatic carbocycles. The summed E-state index contributed by atoms with van der Waals surface area (Å²) in [7, 11) is 0. The Morgan fingerprint density at radius 3 is 2.28 bits per heavy atom. The second kappa shape index (κ2) is 5.90. The number of nitrogens with one attached hydrogen (secondary N) is 1. The van der Waals surface area contributed by atoms with Gasteiger partial charge in [0.2, 0.25) is 5.91 Å². The Balaban J connectivity index is 2.79. The van der Waals surface area contributed by atoms with Gasteiger partial charge < -0.3 is 21.3 Å². The van der Waals surface area contributed by atoms with Crippen molar-refractivity contribution in [2.75, 3.05) is 5.32 Å². The lowest BCUT2D eigenvalue weighted by Crippen LogP contribution is -2.37. The van der Waals surface area contributed by atoms with Crippen LogP contribution in [-0.2, 0) is 9.59 Å². The maximum atomic E-state index is 11.5. The molecule has 0 heterocycles. The molecule has 0 saturated carbocycles. The van der Waals surface area contributed by atoms with Crippen molar-refractivity contribution in [1.82, 2.24) is 0 Å². The number of rotatable bonds is 4. The Morgan fingerprint density at radius 2 is 1.83 bits per heavy atom. The highest BCUT2D eigenvalue weighted by molar-refractivity contribution is 6.37. The number of carboxylic acids is 1. The van der Waals surface area contributed by atoms with Gasteiger partial charge in [-0.1, -0.05) is 23.2 Å². The highest BCUT2D eigenvalue weighted by atomic mass is 35.5. The molecule has 1 amide bonds. The molecule has 0 saturated heterocycles. The van der Waals surface area contributed by atoms with Crippen LogP contribution in [0.3, 0.4) is 0 Å². The van der Waals surface area contributed by atoms with Gasteiger partial charge in [0.25, 0.3) is 0 Å². The van der Waals surface area contributed by atoms with E-state index in [-0.39, 0.29) is 21.5 Å². The quantitative estimate of drug-likeness (QED) is 0.627. The molecule has 1 aromatic carbocycles. The average Bonchev–Trinajstić information content (AvgIpc) is 2.24. The number of aliphatic carboxylic acids is 1. The molecular weight excluding hydrogens is 283 g/mol. The Kier molecular flexibility index (Phi) is 4.77. The fourth-order valence-corrected chi connectivity index (χ4v) is 1.64. The van der Waals surface area contributed by atoms with Gasteiger partial charge in [-0.2, -0.15) is 0 Å². The first kappa shape index (κ1) is 14.6. The minimum absolute atomic E-state index is 0.0374. The molecule has 18 heavy (non-hydrogen) atoms. The van der Waals surface area contributed by atoms with Crippen molar-refractivity contribution in [2.45, 2.75) is 12.5 Å². The molecule has 1 atom stereocenters. The van der Waals surface area contributed by atoms with E-state index in [1.54, 1.807) is 0 Å². The number of hydrogen-bond donors (Lipinski definition) is 4. The number of phenolic OH excluding ortho intramolecular Hbond substituents is 1. The summed E-state index contributed by atoms with van der Waals surface area (Å²) in [5.74, 6) is -2.17. The number of hydrogen-bond acceptors (Lipinski definition) is 4. The molecule has 0 radical (unpaired) electrons. The summed E-state index contributed by atoms with van der Waals surface area (Å²) in [6.07, 6.45) is -0.495. The molecule has 0 spiro atoms. The zero-order valence-corrected chi connectivity index (χ0v) is 10.5. The SMILES string of the molecule is NC(CC(=O)O)C(=O)Nc1cc(Cl)c(O)c(Cl)c1. The van der Waals surface area contributed by atoms with Crippen molar-refractivity contribution >= 4 is 40.8 Å². The molecule has 6 nitrogen and oxygen atoms in total. The third kappa shape index (κ3) is 3.76. The predicted molar refractivity (Wildman–Crippen MR) is 67.0 cm³/mol. The summed E-state index contributed by atoms with van der Waals surface area (Å²) >= 11 is 11.3. The minimum atomic E-state index is -1.19. The van der Waals surface area contributed by atoms with Gasteiger partial charge in [0.05, 0.1) is 22.5 Å². The lowest BCUT2D eigenvalue weighted by atomic mass is 10.2. The number of phenols is 1. The summed E-state index contributed by atoms with van der Waals surface area (Å²) in [4.78, 5) is 21.9. The fraction of sp³-hybridized carbons (Fsp3) is 0.200. The predicted octanol–water partition coefficient (Wildman–Crippen LogP) is 1.44. The van der Waals surface area contributed by atoms with E-state index in [9.17, 15) is 14.7 Å². The number of carbonyl (C=O) groups excluding carboxylic acids is 1. The van der Waals surface area contributed by atoms with Crippen molar-refractivity contribution < 1.29 is 19.8 Å². The van der Waals surface area contributed by atoms with Crippen LogP contribution < -0.4 is 11.1 Å². The number of aromatic hydroxyl groups is 1. The highest BCUT2D eigenvalue weighted by Crippen LogP contribution is 2.34. The van der Waals surface area contributed by atoms with Crippen LogP contribution in [-0.4, -0.2) is 28.1 Å². The molecule has 0 fully saturated rings. The first-order chi connectivity index (χ1) is 8.31. The van der Waals surface area contributed by atoms with Gasteiger partial charge in [-0.05, 0) is 12.1 Å². The third-order valence-electron chi connectivity index (χ3n) is 2.02. The molecule has 8 heteroatoms. The number of benzene rings is 1. The van der Waals surface area contributed by atoms with E-state index in [0.29, 0.717) is 0 Å². The number of carbonyl (C=O) groups is 2. The van der Waals surface area contributed by atoms with Crippen LogP contribution in [0.5, 0.6) is 5.75 Å². The smallest absolute Gasteiger partial charge is 0.305 e. The summed E-state index contributed by atoms with van der Waals surface area (Å²) in [6.45, 7) is 0. The van der Waals surface area contributed by atoms with E-state index in [1.807, 2.05) is 0 Å². The first-order valence-electron chi connectivity index (χ1n) is 4.77. The largest absolute Gasteiger partial charge is 0.505 e. The van der Waals surface area contributed by atoms with E-state index >= 15 is 0 Å². The summed E-state index contributed by atoms with van der Waals surface area (Å²) in [5.41, 5.74) is 5.58. The van der Waals surface area contributed by atoms with E-state index in [4.69, 9.17) is 34.0 Å². The van der Waals surface area contributed by atoms with Gasteiger partial charge in [-0.3, -0.25) is 9.59 Å². The Morgan fingerprint density at radius 1 is 1.33 bits per heavy atom. The van der Waals surface area contributed by atoms with Crippen molar-refractivity contribution in [1.29, 1.82) is 0 Å². The third-order valence-corrected chi connectivity index (χ3v) is 2.59. The van der Waals surface area contributed by atoms with E-state index in [0.717, 1.165) is 0 Å². The lowest BCUT2D eigenvalue weighted by molar-refractivity contribution is -0.138. The van der Waals surface area contributed by atoms with Crippen molar-refractivity contribution in [3.63, 3.8) is 0 Å². The maximum absolute atomic E-state index is 11.5. The second-order valence-corrected chi connectivity index (χ2v) is 4.30. The van der Waals surface area contributed by atoms with Gasteiger partial charge >= 0.3 is 5.97 Å². The fourth-order valence-electron chi connectivity index (χ4n) is 1.15. The molecular formula is C10H10Cl2N2O4. The highest BCUT2D eigenvalue weighted by Gasteiger charge is 2.18. The zero-order valence-electron chi connectivity index (χ0n) is 8.98. The molecule has 1 aromatic rings. The van der Waals surface area contributed by atoms with Gasteiger partial charge in [-0.15, -0.1) is 0 Å². The maximum Gasteiger partial charge on any atom is 0.305 e. The monoisotopic (exact) mass is 292 g/mol. The Bertz CT molecular complexity index is 470. The van der Waals surface area contributed by atoms with Crippen LogP contribution in [0, 0.1) is 0 Å². The molecule has 98 valence electrons. The van der Waals surface area contributed by atoms with Gasteiger partial charge in [-0.25, -0.2) is 0 Å². The molecule has 0 aromatic heterocycles. The molecule has 0 aliphatic heterocycles. The number of halogens is 2. The minimum Gasteiger partial charge on any atom is -0.505 e. The van der Waals surface area contributed by atoms with Crippen molar-refractivity contribution in [2.24, 2.45) is 5.73 Å². The Labute approximate surface area is 112 Å². The molecule has 5 N–H and O–H groups in total. The summed E-state index contributed by atoms with van der Waals surface area (Å²) in [6, 6.07) is 1.36. The zero-order chi connectivity index (χ0) is 13.9. The lowest BCUT2D eigenvalue weighted by Gasteiger charge is -2.11. The number of nitrogens with two attached hydrogens (primary N) is 1. The van der Waals surface area contributed by atoms with Crippen molar-refractivity contribution in [3.05, 3.63) is 22.2 Å². The normalized spacial score (nSPS) is 11.9. The summed E-state index contributed by atoms with van der Waals surface area (Å²) in [5, 5.41) is 20.1. The molecule has 0 aliphatic rings. The van der Waals surface area contributed by atoms with Crippen LogP contribution in [0.1, 0.15) is 6.42 Å². The van der Waals surface area contributed by atoms with Crippen LogP contribution in [0.2, 0.25) is 10.0 Å². The number of carboxylic acid groups (broad SMARTS) is 1. The van der Waals surface area contributed by atoms with E-state index in [1.165, 1.54) is 12.1 Å². The topological polar surface area (TPSA) is 113 Å². The standard InChI is InChI=1S/C10H10Cl2N2O4/c11-5-1-4(2-6(12)9(5)17)14-10(18)7(13)3-8(15)16/h1-2,7,17H,3,13H2,(H,14,18)(H,15,16). The molecule has 1 rings (SSSR count). The second-order valence-electron chi connectivity index (χ2n) is 3.48. The molecule has 1 unspecified atom stereocenters. The average molecular weight is 293 g/mol. The van der Waals surface area contributed by atoms with Crippen LogP contribution in [0.15, 0.2) is 12.1 Å². The van der Waals surface area contributed by atoms with Gasteiger partial charge in [0.1, 0.15) is 0 Å². The van der Waals surface area contributed by atoms with Crippen LogP contribution in [0.25, 0.3) is 0 Å². The first-order valence-corrected chi connectivity index (χ1v) is 5.53. The van der Waals surface area contributed by atoms with Crippen LogP contribution in [0.4, 0.5) is 5.69 Å². The molecule has 0 bridgehead atoms. The summed E-state index contributed by atoms with van der Waals surface area (Å²) < 4.78 is 0. The van der Waals surface area contributed by atoms with E-state index in [2.05, 4.69) is 5.32 Å². The Hall–Kier alpha value is -1.50.